The number of piperidine rings is 1. The van der Waals surface area contributed by atoms with Gasteiger partial charge in [-0.25, -0.2) is 18.5 Å². The van der Waals surface area contributed by atoms with Crippen LogP contribution in [0.1, 0.15) is 66.0 Å². The monoisotopic (exact) mass is 630 g/mol. The Hall–Kier alpha value is -2.01. The van der Waals surface area contributed by atoms with Gasteiger partial charge in [-0.1, -0.05) is 35.9 Å². The molecule has 230 valence electrons. The second kappa shape index (κ2) is 14.0. The predicted octanol–water partition coefficient (Wildman–Crippen LogP) is 6.04. The third-order valence-electron chi connectivity index (χ3n) is 7.02. The summed E-state index contributed by atoms with van der Waals surface area (Å²) in [6.45, 7) is 18.2. The number of carbonyl (C=O) groups excluding carboxylic acids is 2. The van der Waals surface area contributed by atoms with E-state index in [9.17, 15) is 13.8 Å². The first kappa shape index (κ1) is 33.5. The summed E-state index contributed by atoms with van der Waals surface area (Å²) in [5.41, 5.74) is 0.220. The number of benzene rings is 1. The molecule has 2 aliphatic rings. The van der Waals surface area contributed by atoms with Gasteiger partial charge in [-0.2, -0.15) is 0 Å². The zero-order valence-electron chi connectivity index (χ0n) is 25.0. The van der Waals surface area contributed by atoms with Crippen LogP contribution < -0.4 is 9.46 Å². The number of likely N-dealkylation sites (tertiary alicyclic amines) is 1. The summed E-state index contributed by atoms with van der Waals surface area (Å²) in [7, 11) is -1.36. The van der Waals surface area contributed by atoms with Gasteiger partial charge in [-0.15, -0.1) is 0 Å². The Morgan fingerprint density at radius 2 is 1.54 bits per heavy atom. The highest BCUT2D eigenvalue weighted by Crippen LogP contribution is 2.40. The largest absolute Gasteiger partial charge is 0.489 e. The maximum atomic E-state index is 13.4. The van der Waals surface area contributed by atoms with Crippen LogP contribution in [-0.2, 0) is 15.7 Å². The molecule has 0 unspecified atom stereocenters. The lowest BCUT2D eigenvalue weighted by molar-refractivity contribution is 0.0152. The van der Waals surface area contributed by atoms with Crippen molar-refractivity contribution >= 4 is 46.3 Å². The predicted molar refractivity (Wildman–Crippen MR) is 165 cm³/mol. The van der Waals surface area contributed by atoms with Gasteiger partial charge < -0.3 is 24.2 Å². The summed E-state index contributed by atoms with van der Waals surface area (Å²) in [5, 5.41) is 0.761. The highest BCUT2D eigenvalue weighted by atomic mass is 35.5. The third-order valence-corrected chi connectivity index (χ3v) is 9.32. The molecule has 0 aliphatic carbocycles. The fourth-order valence-electron chi connectivity index (χ4n) is 4.80. The van der Waals surface area contributed by atoms with Crippen molar-refractivity contribution in [1.29, 1.82) is 0 Å². The first-order valence-corrected chi connectivity index (χ1v) is 15.9. The van der Waals surface area contributed by atoms with Gasteiger partial charge in [0.25, 0.3) is 0 Å². The first-order chi connectivity index (χ1) is 19.1. The van der Waals surface area contributed by atoms with E-state index < -0.39 is 21.3 Å². The Labute approximate surface area is 257 Å². The zero-order chi connectivity index (χ0) is 30.5. The average molecular weight is 632 g/mol. The number of ether oxygens (including phenoxy) is 2. The van der Waals surface area contributed by atoms with Crippen LogP contribution in [0.4, 0.5) is 9.59 Å². The Balaban J connectivity index is 1.70. The number of amides is 3. The molecule has 2 atom stereocenters. The van der Waals surface area contributed by atoms with E-state index >= 15 is 0 Å². The number of carbonyl (C=O) groups is 2. The Bertz CT molecular complexity index is 1120. The minimum atomic E-state index is -1.36. The van der Waals surface area contributed by atoms with E-state index in [2.05, 4.69) is 11.3 Å². The number of nitrogens with zero attached hydrogens (tertiary/aromatic N) is 3. The van der Waals surface area contributed by atoms with Crippen molar-refractivity contribution in [3.63, 3.8) is 0 Å². The highest BCUT2D eigenvalue weighted by Gasteiger charge is 2.36. The van der Waals surface area contributed by atoms with Crippen LogP contribution in [0.3, 0.4) is 0 Å². The molecule has 9 nitrogen and oxygen atoms in total. The van der Waals surface area contributed by atoms with E-state index in [1.54, 1.807) is 28.0 Å². The van der Waals surface area contributed by atoms with Gasteiger partial charge in [0.05, 0.1) is 31.8 Å². The molecule has 3 rings (SSSR count). The van der Waals surface area contributed by atoms with Gasteiger partial charge in [0, 0.05) is 50.9 Å². The fraction of sp³-hybridized carbons (Fsp3) is 0.655. The first-order valence-electron chi connectivity index (χ1n) is 14.0. The van der Waals surface area contributed by atoms with Crippen molar-refractivity contribution in [2.45, 2.75) is 70.8 Å². The maximum Gasteiger partial charge on any atom is 0.410 e. The molecule has 3 amide bonds. The van der Waals surface area contributed by atoms with Crippen molar-refractivity contribution in [2.75, 3.05) is 45.9 Å². The van der Waals surface area contributed by atoms with Crippen molar-refractivity contribution < 1.29 is 23.3 Å². The van der Waals surface area contributed by atoms with Gasteiger partial charge in [0.15, 0.2) is 0 Å². The zero-order valence-corrected chi connectivity index (χ0v) is 27.3. The lowest BCUT2D eigenvalue weighted by Crippen LogP contribution is -2.56. The Morgan fingerprint density at radius 1 is 1.00 bits per heavy atom. The van der Waals surface area contributed by atoms with Crippen LogP contribution in [0.2, 0.25) is 10.0 Å². The summed E-state index contributed by atoms with van der Waals surface area (Å²) in [5.74, 6) is 0.627. The normalized spacial score (nSPS) is 18.6. The molecule has 2 saturated heterocycles. The van der Waals surface area contributed by atoms with Crippen molar-refractivity contribution in [3.05, 3.63) is 40.4 Å². The molecule has 0 saturated carbocycles. The number of hydrogen-bond donors (Lipinski definition) is 1. The summed E-state index contributed by atoms with van der Waals surface area (Å²) >= 11 is 12.8. The van der Waals surface area contributed by atoms with Crippen LogP contribution in [0.5, 0.6) is 5.75 Å². The third kappa shape index (κ3) is 9.24. The van der Waals surface area contributed by atoms with Gasteiger partial charge >= 0.3 is 12.1 Å². The molecule has 0 radical (unpaired) electrons. The Morgan fingerprint density at radius 3 is 2.07 bits per heavy atom. The topological polar surface area (TPSA) is 91.4 Å². The van der Waals surface area contributed by atoms with Crippen LogP contribution >= 0.6 is 23.2 Å². The molecule has 1 N–H and O–H groups in total. The SMILES string of the molecule is C=CCOc1cc(Cl)c(Cl)cc1[C@H](N[S@@](=O)C(C)(C)C)C1CCN(C(=O)N2CCN(C(=O)OC(C)(C)C)CC2)CC1. The van der Waals surface area contributed by atoms with E-state index in [1.165, 1.54) is 0 Å². The fourth-order valence-corrected chi connectivity index (χ4v) is 6.03. The lowest BCUT2D eigenvalue weighted by atomic mass is 9.85. The number of nitrogens with one attached hydrogen (secondary N) is 1. The van der Waals surface area contributed by atoms with E-state index in [0.29, 0.717) is 67.9 Å². The minimum Gasteiger partial charge on any atom is -0.489 e. The molecule has 2 fully saturated rings. The molecule has 2 aliphatic heterocycles. The number of hydrogen-bond acceptors (Lipinski definition) is 5. The van der Waals surface area contributed by atoms with Gasteiger partial charge in [0.2, 0.25) is 0 Å². The molecular formula is C29H44Cl2N4O5S. The molecule has 0 bridgehead atoms. The quantitative estimate of drug-likeness (QED) is 0.371. The summed E-state index contributed by atoms with van der Waals surface area (Å²) in [4.78, 5) is 31.1. The van der Waals surface area contributed by atoms with Crippen molar-refractivity contribution in [1.82, 2.24) is 19.4 Å². The number of halogens is 2. The van der Waals surface area contributed by atoms with E-state index in [4.69, 9.17) is 32.7 Å². The number of rotatable bonds is 7. The molecule has 2 heterocycles. The number of urea groups is 1. The smallest absolute Gasteiger partial charge is 0.410 e. The van der Waals surface area contributed by atoms with E-state index in [1.807, 2.05) is 46.4 Å². The van der Waals surface area contributed by atoms with Crippen LogP contribution in [0.15, 0.2) is 24.8 Å². The van der Waals surface area contributed by atoms with Gasteiger partial charge in [-0.05, 0) is 66.4 Å². The second-order valence-corrected chi connectivity index (χ2v) is 15.3. The van der Waals surface area contributed by atoms with Crippen molar-refractivity contribution in [3.8, 4) is 5.75 Å². The van der Waals surface area contributed by atoms with Crippen LogP contribution in [-0.4, -0.2) is 87.3 Å². The summed E-state index contributed by atoms with van der Waals surface area (Å²) in [6, 6.07) is 3.10. The maximum absolute atomic E-state index is 13.4. The van der Waals surface area contributed by atoms with Gasteiger partial charge in [0.1, 0.15) is 18.0 Å². The van der Waals surface area contributed by atoms with Crippen molar-refractivity contribution in [2.24, 2.45) is 5.92 Å². The number of piperazine rings is 1. The minimum absolute atomic E-state index is 0.0281. The lowest BCUT2D eigenvalue weighted by Gasteiger charge is -2.41. The Kier molecular flexibility index (Phi) is 11.4. The molecule has 1 aromatic rings. The summed E-state index contributed by atoms with van der Waals surface area (Å²) < 4.78 is 27.5. The van der Waals surface area contributed by atoms with E-state index in [-0.39, 0.29) is 30.7 Å². The van der Waals surface area contributed by atoms with E-state index in [0.717, 1.165) is 5.56 Å². The standard InChI is InChI=1S/C29H44Cl2N4O5S/c1-8-17-39-24-19-23(31)22(30)18-21(24)25(32-41(38)29(5,6)7)20-9-11-33(12-10-20)26(36)34-13-15-35(16-14-34)27(37)40-28(2,3)4/h8,18-20,25,32H,1,9-17H2,2-7H3/t25-,41+/m1/s1. The molecule has 41 heavy (non-hydrogen) atoms. The molecule has 0 spiro atoms. The molecule has 12 heteroatoms. The van der Waals surface area contributed by atoms with Crippen LogP contribution in [0, 0.1) is 5.92 Å². The highest BCUT2D eigenvalue weighted by molar-refractivity contribution is 7.84. The molecule has 0 aromatic heterocycles. The second-order valence-electron chi connectivity index (χ2n) is 12.4. The van der Waals surface area contributed by atoms with Gasteiger partial charge in [-0.3, -0.25) is 0 Å². The molecule has 1 aromatic carbocycles. The van der Waals surface area contributed by atoms with Crippen LogP contribution in [0.25, 0.3) is 0 Å². The average Bonchev–Trinajstić information content (AvgIpc) is 2.90. The molecular weight excluding hydrogens is 587 g/mol. The summed E-state index contributed by atoms with van der Waals surface area (Å²) in [6.07, 6.45) is 2.70.